The molecule has 0 saturated heterocycles. The molecule has 0 amide bonds. The zero-order valence-electron chi connectivity index (χ0n) is 26.8. The van der Waals surface area contributed by atoms with Gasteiger partial charge in [0.05, 0.1) is 24.6 Å². The molecule has 0 aliphatic heterocycles. The number of carbonyl (C=O) groups is 2. The van der Waals surface area contributed by atoms with Gasteiger partial charge in [-0.3, -0.25) is 9.59 Å². The Labute approximate surface area is 286 Å². The lowest BCUT2D eigenvalue weighted by Crippen LogP contribution is -3.00. The Morgan fingerprint density at radius 1 is 0.457 bits per heavy atom. The number of carbonyl (C=O) groups excluding carboxylic acids is 2. The number of Topliss-reactive ketones (excluding diaryl/α,β-unsaturated/α-hetero) is 2. The molecule has 5 heteroatoms. The second kappa shape index (κ2) is 18.1. The van der Waals surface area contributed by atoms with Crippen LogP contribution < -0.4 is 17.0 Å². The topological polar surface area (TPSA) is 54.4 Å². The molecule has 46 heavy (non-hydrogen) atoms. The first-order valence-corrected chi connectivity index (χ1v) is 19.2. The van der Waals surface area contributed by atoms with E-state index in [2.05, 4.69) is 91.0 Å². The van der Waals surface area contributed by atoms with E-state index in [9.17, 15) is 14.7 Å². The third-order valence-corrected chi connectivity index (χ3v) is 13.5. The van der Waals surface area contributed by atoms with Crippen molar-refractivity contribution in [3.05, 3.63) is 149 Å². The first-order valence-electron chi connectivity index (χ1n) is 16.6. The molecule has 1 aliphatic carbocycles. The van der Waals surface area contributed by atoms with E-state index < -0.39 is 18.8 Å². The second-order valence-corrected chi connectivity index (χ2v) is 16.7. The number of benzene rings is 4. The Morgan fingerprint density at radius 3 is 1.33 bits per heavy atom. The summed E-state index contributed by atoms with van der Waals surface area (Å²) in [5, 5.41) is 10.6. The lowest BCUT2D eigenvalue weighted by Gasteiger charge is -2.29. The number of fused-ring (bicyclic) bond motifs is 1. The van der Waals surface area contributed by atoms with Crippen molar-refractivity contribution in [1.29, 1.82) is 0 Å². The van der Waals surface area contributed by atoms with Crippen molar-refractivity contribution in [3.63, 3.8) is 0 Å². The fourth-order valence-electron chi connectivity index (χ4n) is 6.78. The Kier molecular flexibility index (Phi) is 14.0. The summed E-state index contributed by atoms with van der Waals surface area (Å²) in [5.74, 6) is -1.06. The van der Waals surface area contributed by atoms with E-state index in [-0.39, 0.29) is 28.3 Å². The smallest absolute Gasteiger partial charge is 0.234 e. The minimum absolute atomic E-state index is 0. The van der Waals surface area contributed by atoms with Crippen LogP contribution in [0.2, 0.25) is 0 Å². The Balaban J connectivity index is 0.00000480. The monoisotopic (exact) mass is 696 g/mol. The van der Waals surface area contributed by atoms with Crippen LogP contribution in [0, 0.1) is 0 Å². The third kappa shape index (κ3) is 9.84. The maximum Gasteiger partial charge on any atom is 0.234 e. The summed E-state index contributed by atoms with van der Waals surface area (Å²) in [4.78, 5) is 25.1. The lowest BCUT2D eigenvalue weighted by molar-refractivity contribution is -0.112. The van der Waals surface area contributed by atoms with E-state index in [1.165, 1.54) is 73.4 Å². The van der Waals surface area contributed by atoms with E-state index in [0.29, 0.717) is 17.5 Å². The Bertz CT molecular complexity index is 1470. The van der Waals surface area contributed by atoms with Crippen LogP contribution >= 0.6 is 7.26 Å². The van der Waals surface area contributed by atoms with Crippen LogP contribution in [-0.4, -0.2) is 22.8 Å². The van der Waals surface area contributed by atoms with Gasteiger partial charge in [-0.2, -0.15) is 0 Å². The fraction of sp³-hybridized carbons (Fsp3) is 0.317. The van der Waals surface area contributed by atoms with Gasteiger partial charge in [0, 0.05) is 24.0 Å². The van der Waals surface area contributed by atoms with Gasteiger partial charge in [-0.1, -0.05) is 147 Å². The molecule has 0 bridgehead atoms. The minimum atomic E-state index is -1.36. The van der Waals surface area contributed by atoms with Crippen molar-refractivity contribution in [2.24, 2.45) is 0 Å². The van der Waals surface area contributed by atoms with Crippen LogP contribution in [0.25, 0.3) is 5.76 Å². The molecule has 0 unspecified atom stereocenters. The first-order chi connectivity index (χ1) is 22.0. The van der Waals surface area contributed by atoms with Crippen molar-refractivity contribution in [3.8, 4) is 0 Å². The number of aliphatic hydroxyl groups is 1. The fourth-order valence-corrected chi connectivity index (χ4v) is 11.4. The molecule has 4 aromatic rings. The van der Waals surface area contributed by atoms with E-state index in [4.69, 9.17) is 0 Å². The maximum atomic E-state index is 12.6. The molecule has 3 nitrogen and oxygen atoms in total. The van der Waals surface area contributed by atoms with Crippen molar-refractivity contribution < 1.29 is 31.7 Å². The van der Waals surface area contributed by atoms with Crippen molar-refractivity contribution in [2.75, 3.05) is 6.16 Å². The molecular formula is C41H46BrO3P. The lowest BCUT2D eigenvalue weighted by atomic mass is 9.86. The van der Waals surface area contributed by atoms with E-state index in [1.807, 2.05) is 0 Å². The average molecular weight is 698 g/mol. The molecule has 0 fully saturated rings. The molecular weight excluding hydrogens is 651 g/mol. The summed E-state index contributed by atoms with van der Waals surface area (Å²) < 4.78 is 0. The van der Waals surface area contributed by atoms with Crippen molar-refractivity contribution in [1.82, 2.24) is 0 Å². The van der Waals surface area contributed by atoms with Crippen molar-refractivity contribution in [2.45, 2.75) is 76.3 Å². The summed E-state index contributed by atoms with van der Waals surface area (Å²) in [6.07, 6.45) is 14.4. The zero-order chi connectivity index (χ0) is 31.3. The van der Waals surface area contributed by atoms with Gasteiger partial charge in [-0.15, -0.1) is 0 Å². The number of unbranched alkanes of at least 4 members (excludes halogenated alkanes) is 7. The summed E-state index contributed by atoms with van der Waals surface area (Å²) in [6.45, 7) is 0. The summed E-state index contributed by atoms with van der Waals surface area (Å²) in [5.41, 5.74) is 5.47. The van der Waals surface area contributed by atoms with Gasteiger partial charge in [-0.05, 0) is 42.4 Å². The number of allylic oxidation sites excluding steroid dienone is 1. The van der Waals surface area contributed by atoms with E-state index in [1.54, 1.807) is 24.3 Å². The number of halogens is 1. The summed E-state index contributed by atoms with van der Waals surface area (Å²) >= 11 is 0. The molecule has 0 radical (unpaired) electrons. The van der Waals surface area contributed by atoms with Gasteiger partial charge in [-0.25, -0.2) is 0 Å². The molecule has 1 aliphatic rings. The quantitative estimate of drug-likeness (QED) is 0.0695. The molecule has 0 aromatic heterocycles. The molecule has 5 rings (SSSR count). The second-order valence-electron chi connectivity index (χ2n) is 12.6. The largest absolute Gasteiger partial charge is 1.00 e. The molecule has 0 saturated carbocycles. The van der Waals surface area contributed by atoms with Crippen LogP contribution in [0.3, 0.4) is 0 Å². The maximum absolute atomic E-state index is 12.6. The number of hydrogen-bond acceptors (Lipinski definition) is 3. The number of hydrogen-bond donors (Lipinski definition) is 1. The summed E-state index contributed by atoms with van der Waals surface area (Å²) in [6, 6.07) is 40.1. The van der Waals surface area contributed by atoms with E-state index in [0.717, 1.165) is 19.3 Å². The Morgan fingerprint density at radius 2 is 0.848 bits per heavy atom. The average Bonchev–Trinajstić information content (AvgIpc) is 3.07. The predicted molar refractivity (Wildman–Crippen MR) is 189 cm³/mol. The number of aliphatic hydroxyl groups excluding tert-OH is 1. The predicted octanol–water partition coefficient (Wildman–Crippen LogP) is 7.85. The van der Waals surface area contributed by atoms with E-state index >= 15 is 0 Å². The minimum Gasteiger partial charge on any atom is -1.00 e. The highest BCUT2D eigenvalue weighted by Gasteiger charge is 2.38. The molecule has 0 heterocycles. The molecule has 240 valence electrons. The van der Waals surface area contributed by atoms with Gasteiger partial charge in [0.15, 0.2) is 0 Å². The Hall–Kier alpha value is -3.33. The molecule has 1 N–H and O–H groups in total. The van der Waals surface area contributed by atoms with Crippen LogP contribution in [0.1, 0.15) is 90.4 Å². The van der Waals surface area contributed by atoms with Crippen LogP contribution in [0.15, 0.2) is 121 Å². The van der Waals surface area contributed by atoms with Crippen LogP contribution in [0.4, 0.5) is 0 Å². The number of ketones is 2. The third-order valence-electron chi connectivity index (χ3n) is 9.08. The molecule has 4 aromatic carbocycles. The van der Waals surface area contributed by atoms with Crippen LogP contribution in [0.5, 0.6) is 0 Å². The van der Waals surface area contributed by atoms with Crippen LogP contribution in [-0.2, 0) is 23.3 Å². The summed E-state index contributed by atoms with van der Waals surface area (Å²) in [7, 11) is -1.36. The molecule has 0 spiro atoms. The zero-order valence-corrected chi connectivity index (χ0v) is 29.2. The first kappa shape index (κ1) is 35.5. The highest BCUT2D eigenvalue weighted by Crippen LogP contribution is 2.67. The molecule has 0 atom stereocenters. The van der Waals surface area contributed by atoms with Gasteiger partial charge in [0.1, 0.15) is 5.76 Å². The normalized spacial score (nSPS) is 13.0. The van der Waals surface area contributed by atoms with Gasteiger partial charge in [0.2, 0.25) is 11.6 Å². The standard InChI is InChI=1S/C41H45O3P.BrH/c42-39-36-26-17-18-27-37(36)40(43)41(44)38(39)28-16-5-3-1-2-4-6-19-29-45(30-33-20-10-7-11-21-33,31-34-22-12-8-13-23-34)32-35-24-14-9-15-25-35;/h7-15,17-18,20-27H,1-6,16,19,28-32H2;1H. The van der Waals surface area contributed by atoms with Gasteiger partial charge < -0.3 is 22.1 Å². The SMILES string of the molecule is O=C1C(=O)c2ccccc2C(O)=C1CCCCCCCCCC[P+](Cc1ccccc1)(Cc1ccccc1)Cc1ccccc1.[Br-]. The highest BCUT2D eigenvalue weighted by atomic mass is 79.9. The highest BCUT2D eigenvalue weighted by molar-refractivity contribution is 7.73. The number of rotatable bonds is 17. The van der Waals surface area contributed by atoms with Gasteiger partial charge in [0.25, 0.3) is 0 Å². The van der Waals surface area contributed by atoms with Gasteiger partial charge >= 0.3 is 0 Å². The van der Waals surface area contributed by atoms with Crippen molar-refractivity contribution >= 4 is 24.6 Å².